The number of carboxylic acid groups (broad SMARTS) is 1. The molecule has 0 saturated carbocycles. The summed E-state index contributed by atoms with van der Waals surface area (Å²) in [7, 11) is -3.53. The van der Waals surface area contributed by atoms with Crippen molar-refractivity contribution in [2.75, 3.05) is 0 Å². The maximum atomic E-state index is 12.1. The Bertz CT molecular complexity index is 698. The largest absolute Gasteiger partial charge is 0.478 e. The van der Waals surface area contributed by atoms with E-state index < -0.39 is 15.8 Å². The zero-order valence-electron chi connectivity index (χ0n) is 10.2. The summed E-state index contributed by atoms with van der Waals surface area (Å²) in [6, 6.07) is 9.20. The highest BCUT2D eigenvalue weighted by Gasteiger charge is 2.20. The normalized spacial score (nSPS) is 11.4. The average Bonchev–Trinajstić information content (AvgIpc) is 2.71. The molecule has 2 rings (SSSR count). The van der Waals surface area contributed by atoms with Gasteiger partial charge >= 0.3 is 5.97 Å². The van der Waals surface area contributed by atoms with Gasteiger partial charge in [0.05, 0.1) is 4.90 Å². The molecule has 0 aliphatic carbocycles. The number of hydrogen-bond acceptors (Lipinski definition) is 4. The summed E-state index contributed by atoms with van der Waals surface area (Å²) >= 11 is 0. The number of benzene rings is 1. The molecular formula is C13H12O5S. The summed E-state index contributed by atoms with van der Waals surface area (Å²) in [6.45, 7) is 1.49. The first-order valence-electron chi connectivity index (χ1n) is 5.50. The van der Waals surface area contributed by atoms with Crippen LogP contribution in [0.5, 0.6) is 0 Å². The zero-order valence-corrected chi connectivity index (χ0v) is 11.0. The first kappa shape index (κ1) is 13.4. The van der Waals surface area contributed by atoms with E-state index >= 15 is 0 Å². The van der Waals surface area contributed by atoms with Gasteiger partial charge in [-0.1, -0.05) is 18.2 Å². The fourth-order valence-corrected chi connectivity index (χ4v) is 2.98. The summed E-state index contributed by atoms with van der Waals surface area (Å²) < 4.78 is 29.3. The average molecular weight is 280 g/mol. The highest BCUT2D eigenvalue weighted by atomic mass is 32.2. The van der Waals surface area contributed by atoms with Crippen LogP contribution in [0.2, 0.25) is 0 Å². The fourth-order valence-electron chi connectivity index (χ4n) is 1.73. The number of aryl methyl sites for hydroxylation is 1. The lowest BCUT2D eigenvalue weighted by molar-refractivity contribution is 0.0695. The number of sulfone groups is 1. The van der Waals surface area contributed by atoms with Crippen LogP contribution in [-0.2, 0) is 15.6 Å². The van der Waals surface area contributed by atoms with Crippen LogP contribution in [0.15, 0.2) is 45.7 Å². The van der Waals surface area contributed by atoms with Crippen LogP contribution in [0.1, 0.15) is 21.9 Å². The summed E-state index contributed by atoms with van der Waals surface area (Å²) in [6.07, 6.45) is 0. The third-order valence-electron chi connectivity index (χ3n) is 2.63. The van der Waals surface area contributed by atoms with E-state index in [1.807, 2.05) is 0 Å². The monoisotopic (exact) mass is 280 g/mol. The lowest BCUT2D eigenvalue weighted by atomic mass is 10.2. The molecule has 5 nitrogen and oxygen atoms in total. The molecule has 0 bridgehead atoms. The van der Waals surface area contributed by atoms with Crippen molar-refractivity contribution in [3.05, 3.63) is 53.5 Å². The minimum absolute atomic E-state index is 0.0155. The molecular weight excluding hydrogens is 268 g/mol. The van der Waals surface area contributed by atoms with Crippen molar-refractivity contribution in [1.82, 2.24) is 0 Å². The minimum atomic E-state index is -3.53. The van der Waals surface area contributed by atoms with Crippen molar-refractivity contribution in [3.8, 4) is 0 Å². The molecule has 1 heterocycles. The minimum Gasteiger partial charge on any atom is -0.478 e. The molecule has 0 spiro atoms. The van der Waals surface area contributed by atoms with E-state index in [1.165, 1.54) is 25.1 Å². The molecule has 1 N–H and O–H groups in total. The number of carbonyl (C=O) groups is 1. The Hall–Kier alpha value is -2.08. The molecule has 0 aliphatic rings. The molecule has 0 fully saturated rings. The van der Waals surface area contributed by atoms with Gasteiger partial charge in [-0.25, -0.2) is 13.2 Å². The topological polar surface area (TPSA) is 84.6 Å². The van der Waals surface area contributed by atoms with Gasteiger partial charge in [-0.15, -0.1) is 0 Å². The van der Waals surface area contributed by atoms with Crippen molar-refractivity contribution in [3.63, 3.8) is 0 Å². The van der Waals surface area contributed by atoms with Crippen molar-refractivity contribution in [2.24, 2.45) is 0 Å². The van der Waals surface area contributed by atoms with Crippen molar-refractivity contribution in [2.45, 2.75) is 17.6 Å². The van der Waals surface area contributed by atoms with E-state index in [0.29, 0.717) is 0 Å². The number of aromatic carboxylic acids is 1. The predicted molar refractivity (Wildman–Crippen MR) is 67.7 cm³/mol. The van der Waals surface area contributed by atoms with Gasteiger partial charge in [-0.3, -0.25) is 0 Å². The van der Waals surface area contributed by atoms with Gasteiger partial charge in [-0.05, 0) is 25.1 Å². The summed E-state index contributed by atoms with van der Waals surface area (Å²) in [5, 5.41) is 8.88. The quantitative estimate of drug-likeness (QED) is 0.928. The Balaban J connectivity index is 2.31. The van der Waals surface area contributed by atoms with Crippen molar-refractivity contribution in [1.29, 1.82) is 0 Å². The van der Waals surface area contributed by atoms with Gasteiger partial charge in [0.1, 0.15) is 22.8 Å². The van der Waals surface area contributed by atoms with Crippen LogP contribution in [0.3, 0.4) is 0 Å². The van der Waals surface area contributed by atoms with Crippen molar-refractivity contribution >= 4 is 15.8 Å². The molecule has 100 valence electrons. The van der Waals surface area contributed by atoms with Crippen LogP contribution < -0.4 is 0 Å². The molecule has 6 heteroatoms. The molecule has 0 unspecified atom stereocenters. The molecule has 1 aromatic carbocycles. The number of carboxylic acids is 1. The number of hydrogen-bond donors (Lipinski definition) is 1. The third kappa shape index (κ3) is 2.85. The van der Waals surface area contributed by atoms with Crippen LogP contribution in [0.4, 0.5) is 0 Å². The van der Waals surface area contributed by atoms with Gasteiger partial charge in [-0.2, -0.15) is 0 Å². The Morgan fingerprint density at radius 1 is 1.26 bits per heavy atom. The van der Waals surface area contributed by atoms with Gasteiger partial charge in [0.15, 0.2) is 9.84 Å². The van der Waals surface area contributed by atoms with Crippen LogP contribution in [0.25, 0.3) is 0 Å². The third-order valence-corrected chi connectivity index (χ3v) is 4.29. The first-order chi connectivity index (χ1) is 8.90. The van der Waals surface area contributed by atoms with E-state index in [1.54, 1.807) is 18.2 Å². The number of furan rings is 1. The van der Waals surface area contributed by atoms with Gasteiger partial charge in [0.2, 0.25) is 0 Å². The van der Waals surface area contributed by atoms with Gasteiger partial charge in [0.25, 0.3) is 0 Å². The lowest BCUT2D eigenvalue weighted by Gasteiger charge is -2.01. The van der Waals surface area contributed by atoms with Gasteiger partial charge in [0, 0.05) is 0 Å². The molecule has 2 aromatic rings. The highest BCUT2D eigenvalue weighted by molar-refractivity contribution is 7.90. The van der Waals surface area contributed by atoms with E-state index in [9.17, 15) is 13.2 Å². The Labute approximate surface area is 110 Å². The second-order valence-corrected chi connectivity index (χ2v) is 6.05. The maximum absolute atomic E-state index is 12.1. The SMILES string of the molecule is Cc1oc(CS(=O)(=O)c2ccccc2)cc1C(=O)O. The molecule has 0 aliphatic heterocycles. The molecule has 0 saturated heterocycles. The zero-order chi connectivity index (χ0) is 14.0. The van der Waals surface area contributed by atoms with Crippen molar-refractivity contribution < 1.29 is 22.7 Å². The standard InChI is InChI=1S/C13H12O5S/c1-9-12(13(14)15)7-10(18-9)8-19(16,17)11-5-3-2-4-6-11/h2-7H,8H2,1H3,(H,14,15). The van der Waals surface area contributed by atoms with E-state index in [0.717, 1.165) is 0 Å². The second-order valence-electron chi connectivity index (χ2n) is 4.06. The molecule has 19 heavy (non-hydrogen) atoms. The molecule has 0 amide bonds. The fraction of sp³-hybridized carbons (Fsp3) is 0.154. The smallest absolute Gasteiger partial charge is 0.339 e. The first-order valence-corrected chi connectivity index (χ1v) is 7.16. The summed E-state index contributed by atoms with van der Waals surface area (Å²) in [5.41, 5.74) is -0.0155. The maximum Gasteiger partial charge on any atom is 0.339 e. The Morgan fingerprint density at radius 2 is 1.89 bits per heavy atom. The summed E-state index contributed by atoms with van der Waals surface area (Å²) in [4.78, 5) is 11.0. The van der Waals surface area contributed by atoms with Gasteiger partial charge < -0.3 is 9.52 Å². The molecule has 1 aromatic heterocycles. The Morgan fingerprint density at radius 3 is 2.42 bits per heavy atom. The lowest BCUT2D eigenvalue weighted by Crippen LogP contribution is -2.04. The molecule has 0 atom stereocenters. The van der Waals surface area contributed by atoms with E-state index in [-0.39, 0.29) is 27.7 Å². The van der Waals surface area contributed by atoms with Crippen LogP contribution in [-0.4, -0.2) is 19.5 Å². The summed E-state index contributed by atoms with van der Waals surface area (Å²) in [5.74, 6) is -1.17. The van der Waals surface area contributed by atoms with E-state index in [2.05, 4.69) is 0 Å². The predicted octanol–water partition coefficient (Wildman–Crippen LogP) is 2.26. The van der Waals surface area contributed by atoms with E-state index in [4.69, 9.17) is 9.52 Å². The van der Waals surface area contributed by atoms with Crippen LogP contribution >= 0.6 is 0 Å². The number of rotatable bonds is 4. The highest BCUT2D eigenvalue weighted by Crippen LogP contribution is 2.20. The van der Waals surface area contributed by atoms with Crippen LogP contribution in [0, 0.1) is 6.92 Å². The second kappa shape index (κ2) is 4.89. The Kier molecular flexibility index (Phi) is 3.44. The molecule has 0 radical (unpaired) electrons.